The van der Waals surface area contributed by atoms with Gasteiger partial charge in [-0.25, -0.2) is 4.39 Å². The highest BCUT2D eigenvalue weighted by Crippen LogP contribution is 2.24. The first-order valence-corrected chi connectivity index (χ1v) is 11.3. The van der Waals surface area contributed by atoms with Crippen molar-refractivity contribution in [3.05, 3.63) is 93.1 Å². The summed E-state index contributed by atoms with van der Waals surface area (Å²) in [6.45, 7) is 4.84. The summed E-state index contributed by atoms with van der Waals surface area (Å²) >= 11 is 18.1. The third kappa shape index (κ3) is 5.52. The summed E-state index contributed by atoms with van der Waals surface area (Å²) in [6.07, 6.45) is 1.72. The lowest BCUT2D eigenvalue weighted by atomic mass is 10.2. The van der Waals surface area contributed by atoms with Crippen LogP contribution in [0.15, 0.2) is 54.7 Å². The van der Waals surface area contributed by atoms with E-state index in [1.807, 2.05) is 42.8 Å². The molecule has 0 saturated carbocycles. The fourth-order valence-electron chi connectivity index (χ4n) is 3.41. The van der Waals surface area contributed by atoms with Crippen molar-refractivity contribution < 1.29 is 4.39 Å². The van der Waals surface area contributed by atoms with Crippen LogP contribution in [0, 0.1) is 19.7 Å². The van der Waals surface area contributed by atoms with Crippen molar-refractivity contribution >= 4 is 52.0 Å². The van der Waals surface area contributed by atoms with Crippen LogP contribution in [0.25, 0.3) is 0 Å². The molecule has 6 nitrogen and oxygen atoms in total. The lowest BCUT2D eigenvalue weighted by Crippen LogP contribution is -2.20. The first kappa shape index (κ1) is 23.2. The van der Waals surface area contributed by atoms with Crippen LogP contribution < -0.4 is 10.6 Å². The van der Waals surface area contributed by atoms with Crippen molar-refractivity contribution in [2.24, 2.45) is 0 Å². The molecule has 0 aliphatic carbocycles. The second-order valence-electron chi connectivity index (χ2n) is 7.52. The average Bonchev–Trinajstić information content (AvgIpc) is 3.24. The zero-order valence-electron chi connectivity index (χ0n) is 17.9. The van der Waals surface area contributed by atoms with Gasteiger partial charge < -0.3 is 10.6 Å². The maximum atomic E-state index is 13.2. The third-order valence-corrected chi connectivity index (χ3v) is 5.95. The van der Waals surface area contributed by atoms with Crippen LogP contribution >= 0.6 is 35.4 Å². The Morgan fingerprint density at radius 1 is 0.970 bits per heavy atom. The van der Waals surface area contributed by atoms with Gasteiger partial charge in [-0.05, 0) is 55.4 Å². The highest BCUT2D eigenvalue weighted by Gasteiger charge is 2.15. The molecule has 0 atom stereocenters. The Bertz CT molecular complexity index is 1300. The minimum Gasteiger partial charge on any atom is -0.329 e. The Morgan fingerprint density at radius 3 is 2.42 bits per heavy atom. The Kier molecular flexibility index (Phi) is 6.97. The van der Waals surface area contributed by atoms with Gasteiger partial charge in [0.1, 0.15) is 10.8 Å². The zero-order valence-corrected chi connectivity index (χ0v) is 20.3. The van der Waals surface area contributed by atoms with E-state index in [9.17, 15) is 4.39 Å². The highest BCUT2D eigenvalue weighted by molar-refractivity contribution is 7.80. The Balaban J connectivity index is 1.44. The number of nitrogens with one attached hydrogen (secondary N) is 2. The van der Waals surface area contributed by atoms with Crippen molar-refractivity contribution in [2.45, 2.75) is 26.9 Å². The van der Waals surface area contributed by atoms with E-state index in [4.69, 9.17) is 35.4 Å². The summed E-state index contributed by atoms with van der Waals surface area (Å²) in [5.74, 6) is 0.175. The summed E-state index contributed by atoms with van der Waals surface area (Å²) in [6, 6.07) is 13.9. The molecule has 2 N–H and O–H groups in total. The Hall–Kier alpha value is -2.94. The molecule has 4 aromatic rings. The number of aromatic nitrogens is 4. The summed E-state index contributed by atoms with van der Waals surface area (Å²) in [5.41, 5.74) is 4.36. The molecule has 10 heteroatoms. The second-order valence-corrected chi connectivity index (χ2v) is 8.75. The Morgan fingerprint density at radius 2 is 1.70 bits per heavy atom. The Labute approximate surface area is 206 Å². The molecular weight excluding hydrogens is 482 g/mol. The summed E-state index contributed by atoms with van der Waals surface area (Å²) in [4.78, 5) is 0. The van der Waals surface area contributed by atoms with Gasteiger partial charge in [-0.1, -0.05) is 53.5 Å². The molecule has 0 saturated heterocycles. The lowest BCUT2D eigenvalue weighted by Gasteiger charge is -2.10. The number of halogens is 3. The number of thiocarbonyl (C=S) groups is 1. The number of benzene rings is 2. The molecule has 2 heterocycles. The molecule has 0 aliphatic rings. The van der Waals surface area contributed by atoms with Crippen molar-refractivity contribution in [1.29, 1.82) is 0 Å². The normalized spacial score (nSPS) is 10.9. The van der Waals surface area contributed by atoms with E-state index in [0.717, 1.165) is 28.2 Å². The first-order valence-electron chi connectivity index (χ1n) is 10.1. The van der Waals surface area contributed by atoms with Gasteiger partial charge in [-0.15, -0.1) is 0 Å². The van der Waals surface area contributed by atoms with Gasteiger partial charge in [-0.3, -0.25) is 9.36 Å². The number of rotatable bonds is 6. The van der Waals surface area contributed by atoms with E-state index in [1.165, 1.54) is 12.1 Å². The minimum absolute atomic E-state index is 0.265. The highest BCUT2D eigenvalue weighted by atomic mass is 35.5. The fraction of sp³-hybridized carbons (Fsp3) is 0.174. The topological polar surface area (TPSA) is 59.7 Å². The van der Waals surface area contributed by atoms with Gasteiger partial charge in [0.05, 0.1) is 30.2 Å². The SMILES string of the molecule is Cc1nn(Cc2ccc(F)cc2)c(C)c1NC(=S)Nc1nn(Cc2ccccc2Cl)cc1Cl. The molecular formula is C23H21Cl2FN6S. The maximum Gasteiger partial charge on any atom is 0.176 e. The molecule has 0 spiro atoms. The molecule has 0 radical (unpaired) electrons. The number of nitrogens with zero attached hydrogens (tertiary/aromatic N) is 4. The van der Waals surface area contributed by atoms with E-state index >= 15 is 0 Å². The van der Waals surface area contributed by atoms with Gasteiger partial charge in [0.2, 0.25) is 0 Å². The van der Waals surface area contributed by atoms with Gasteiger partial charge in [0.15, 0.2) is 10.9 Å². The molecule has 0 aliphatic heterocycles. The van der Waals surface area contributed by atoms with E-state index in [0.29, 0.717) is 34.1 Å². The van der Waals surface area contributed by atoms with Crippen molar-refractivity contribution in [2.75, 3.05) is 10.6 Å². The minimum atomic E-state index is -0.265. The zero-order chi connectivity index (χ0) is 23.5. The number of hydrogen-bond acceptors (Lipinski definition) is 3. The van der Waals surface area contributed by atoms with Crippen LogP contribution in [-0.4, -0.2) is 24.7 Å². The molecule has 0 unspecified atom stereocenters. The molecule has 170 valence electrons. The molecule has 4 rings (SSSR count). The number of anilines is 2. The fourth-order valence-corrected chi connectivity index (χ4v) is 4.00. The third-order valence-electron chi connectivity index (χ3n) is 5.10. The van der Waals surface area contributed by atoms with Gasteiger partial charge in [0, 0.05) is 11.2 Å². The maximum absolute atomic E-state index is 13.2. The van der Waals surface area contributed by atoms with Crippen LogP contribution in [0.4, 0.5) is 15.9 Å². The second kappa shape index (κ2) is 9.91. The van der Waals surface area contributed by atoms with Crippen molar-refractivity contribution in [3.63, 3.8) is 0 Å². The molecule has 2 aromatic carbocycles. The van der Waals surface area contributed by atoms with Crippen LogP contribution in [0.1, 0.15) is 22.5 Å². The van der Waals surface area contributed by atoms with Crippen LogP contribution in [0.3, 0.4) is 0 Å². The van der Waals surface area contributed by atoms with Crippen molar-refractivity contribution in [3.8, 4) is 0 Å². The summed E-state index contributed by atoms with van der Waals surface area (Å²) < 4.78 is 16.7. The van der Waals surface area contributed by atoms with Gasteiger partial charge in [0.25, 0.3) is 0 Å². The van der Waals surface area contributed by atoms with Crippen LogP contribution in [0.2, 0.25) is 10.0 Å². The molecule has 33 heavy (non-hydrogen) atoms. The number of aryl methyl sites for hydroxylation is 1. The predicted molar refractivity (Wildman–Crippen MR) is 135 cm³/mol. The largest absolute Gasteiger partial charge is 0.329 e. The van der Waals surface area contributed by atoms with E-state index in [2.05, 4.69) is 20.8 Å². The summed E-state index contributed by atoms with van der Waals surface area (Å²) in [5, 5.41) is 16.7. The summed E-state index contributed by atoms with van der Waals surface area (Å²) in [7, 11) is 0. The monoisotopic (exact) mass is 502 g/mol. The van der Waals surface area contributed by atoms with Crippen molar-refractivity contribution in [1.82, 2.24) is 19.6 Å². The lowest BCUT2D eigenvalue weighted by molar-refractivity contribution is 0.622. The van der Waals surface area contributed by atoms with Gasteiger partial charge in [-0.2, -0.15) is 10.2 Å². The van der Waals surface area contributed by atoms with Crippen LogP contribution in [-0.2, 0) is 13.1 Å². The van der Waals surface area contributed by atoms with Gasteiger partial charge >= 0.3 is 0 Å². The molecule has 2 aromatic heterocycles. The molecule has 0 amide bonds. The first-order chi connectivity index (χ1) is 15.8. The average molecular weight is 503 g/mol. The molecule has 0 bridgehead atoms. The molecule has 0 fully saturated rings. The predicted octanol–water partition coefficient (Wildman–Crippen LogP) is 6.05. The quantitative estimate of drug-likeness (QED) is 0.314. The van der Waals surface area contributed by atoms with Crippen LogP contribution in [0.5, 0.6) is 0 Å². The smallest absolute Gasteiger partial charge is 0.176 e. The van der Waals surface area contributed by atoms with E-state index in [1.54, 1.807) is 23.0 Å². The van der Waals surface area contributed by atoms with E-state index in [-0.39, 0.29) is 5.82 Å². The van der Waals surface area contributed by atoms with E-state index < -0.39 is 0 Å². The standard InChI is InChI=1S/C23H21Cl2FN6S/c1-14-21(15(2)32(29-14)11-16-7-9-18(26)10-8-16)27-23(33)28-22-20(25)13-31(30-22)12-17-5-3-4-6-19(17)24/h3-10,13H,11-12H2,1-2H3,(H2,27,28,30,33). The number of hydrogen-bond donors (Lipinski definition) is 2.